The van der Waals surface area contributed by atoms with Crippen molar-refractivity contribution in [3.8, 4) is 0 Å². The molecule has 0 saturated heterocycles. The van der Waals surface area contributed by atoms with Gasteiger partial charge in [0.2, 0.25) is 5.91 Å². The summed E-state index contributed by atoms with van der Waals surface area (Å²) >= 11 is 1.60. The van der Waals surface area contributed by atoms with E-state index in [4.69, 9.17) is 0 Å². The average Bonchev–Trinajstić information content (AvgIpc) is 2.83. The zero-order chi connectivity index (χ0) is 13.0. The second-order valence-corrected chi connectivity index (χ2v) is 5.08. The van der Waals surface area contributed by atoms with Gasteiger partial charge in [-0.1, -0.05) is 6.92 Å². The molecule has 2 aromatic rings. The van der Waals surface area contributed by atoms with Crippen LogP contribution in [-0.2, 0) is 4.79 Å². The predicted octanol–water partition coefficient (Wildman–Crippen LogP) is 2.62. The highest BCUT2D eigenvalue weighted by Gasteiger charge is 2.11. The van der Waals surface area contributed by atoms with Crippen molar-refractivity contribution in [1.29, 1.82) is 0 Å². The van der Waals surface area contributed by atoms with Gasteiger partial charge in [-0.3, -0.25) is 4.79 Å². The van der Waals surface area contributed by atoms with Crippen molar-refractivity contribution in [2.75, 3.05) is 11.9 Å². The molecular formula is C13H17N3OS. The standard InChI is InChI=1S/C13H17N3OS/c1-3-6-14-13(17)9(2)16-10-4-5-11-12(7-10)18-8-15-11/h4-5,7-9,16H,3,6H2,1-2H3,(H,14,17). The van der Waals surface area contributed by atoms with Gasteiger partial charge < -0.3 is 10.6 Å². The molecule has 2 rings (SSSR count). The van der Waals surface area contributed by atoms with Crippen LogP contribution in [0, 0.1) is 0 Å². The van der Waals surface area contributed by atoms with Crippen LogP contribution in [-0.4, -0.2) is 23.5 Å². The summed E-state index contributed by atoms with van der Waals surface area (Å²) in [5, 5.41) is 6.07. The van der Waals surface area contributed by atoms with E-state index in [0.29, 0.717) is 0 Å². The molecule has 5 heteroatoms. The summed E-state index contributed by atoms with van der Waals surface area (Å²) in [4.78, 5) is 16.0. The fourth-order valence-corrected chi connectivity index (χ4v) is 2.38. The molecule has 0 aliphatic carbocycles. The number of aromatic nitrogens is 1. The lowest BCUT2D eigenvalue weighted by Crippen LogP contribution is -2.37. The third-order valence-electron chi connectivity index (χ3n) is 2.66. The summed E-state index contributed by atoms with van der Waals surface area (Å²) in [6, 6.07) is 5.70. The van der Waals surface area contributed by atoms with Gasteiger partial charge in [-0.15, -0.1) is 11.3 Å². The van der Waals surface area contributed by atoms with E-state index in [1.54, 1.807) is 11.3 Å². The lowest BCUT2D eigenvalue weighted by Gasteiger charge is -2.14. The maximum Gasteiger partial charge on any atom is 0.242 e. The Balaban J connectivity index is 2.01. The number of carbonyl (C=O) groups excluding carboxylic acids is 1. The number of thiazole rings is 1. The normalized spacial score (nSPS) is 12.3. The molecule has 2 N–H and O–H groups in total. The van der Waals surface area contributed by atoms with Crippen molar-refractivity contribution < 1.29 is 4.79 Å². The molecule has 1 amide bonds. The van der Waals surface area contributed by atoms with Gasteiger partial charge >= 0.3 is 0 Å². The second kappa shape index (κ2) is 5.82. The van der Waals surface area contributed by atoms with Crippen LogP contribution < -0.4 is 10.6 Å². The van der Waals surface area contributed by atoms with Gasteiger partial charge in [-0.25, -0.2) is 4.98 Å². The summed E-state index contributed by atoms with van der Waals surface area (Å²) in [6.45, 7) is 4.62. The highest BCUT2D eigenvalue weighted by molar-refractivity contribution is 7.16. The molecule has 96 valence electrons. The summed E-state index contributed by atoms with van der Waals surface area (Å²) in [5.74, 6) is 0.0289. The van der Waals surface area contributed by atoms with Gasteiger partial charge in [0.15, 0.2) is 0 Å². The Morgan fingerprint density at radius 3 is 3.11 bits per heavy atom. The Morgan fingerprint density at radius 2 is 2.33 bits per heavy atom. The van der Waals surface area contributed by atoms with Crippen LogP contribution in [0.15, 0.2) is 23.7 Å². The number of benzene rings is 1. The van der Waals surface area contributed by atoms with Gasteiger partial charge in [0.05, 0.1) is 15.7 Å². The topological polar surface area (TPSA) is 54.0 Å². The third kappa shape index (κ3) is 2.98. The maximum absolute atomic E-state index is 11.7. The van der Waals surface area contributed by atoms with Crippen LogP contribution in [0.1, 0.15) is 20.3 Å². The van der Waals surface area contributed by atoms with Gasteiger partial charge in [0.25, 0.3) is 0 Å². The number of nitrogens with zero attached hydrogens (tertiary/aromatic N) is 1. The van der Waals surface area contributed by atoms with Crippen molar-refractivity contribution in [1.82, 2.24) is 10.3 Å². The summed E-state index contributed by atoms with van der Waals surface area (Å²) < 4.78 is 1.13. The fraction of sp³-hybridized carbons (Fsp3) is 0.385. The number of anilines is 1. The SMILES string of the molecule is CCCNC(=O)C(C)Nc1ccc2ncsc2c1. The molecule has 1 aromatic heterocycles. The Kier molecular flexibility index (Phi) is 4.15. The number of rotatable bonds is 5. The van der Waals surface area contributed by atoms with Crippen LogP contribution >= 0.6 is 11.3 Å². The molecular weight excluding hydrogens is 246 g/mol. The van der Waals surface area contributed by atoms with Crippen molar-refractivity contribution in [2.45, 2.75) is 26.3 Å². The molecule has 0 fully saturated rings. The molecule has 0 aliphatic heterocycles. The monoisotopic (exact) mass is 263 g/mol. The predicted molar refractivity (Wildman–Crippen MR) is 76.0 cm³/mol. The maximum atomic E-state index is 11.7. The van der Waals surface area contributed by atoms with E-state index in [2.05, 4.69) is 15.6 Å². The molecule has 4 nitrogen and oxygen atoms in total. The molecule has 1 heterocycles. The second-order valence-electron chi connectivity index (χ2n) is 4.19. The first kappa shape index (κ1) is 12.8. The van der Waals surface area contributed by atoms with E-state index in [-0.39, 0.29) is 11.9 Å². The molecule has 1 unspecified atom stereocenters. The lowest BCUT2D eigenvalue weighted by molar-refractivity contribution is -0.121. The number of fused-ring (bicyclic) bond motifs is 1. The van der Waals surface area contributed by atoms with Crippen LogP contribution in [0.5, 0.6) is 0 Å². The first-order chi connectivity index (χ1) is 8.70. The van der Waals surface area contributed by atoms with E-state index in [1.807, 2.05) is 37.6 Å². The summed E-state index contributed by atoms with van der Waals surface area (Å²) in [7, 11) is 0. The van der Waals surface area contributed by atoms with Crippen molar-refractivity contribution >= 4 is 33.1 Å². The molecule has 18 heavy (non-hydrogen) atoms. The fourth-order valence-electron chi connectivity index (χ4n) is 1.66. The number of amides is 1. The average molecular weight is 263 g/mol. The van der Waals surface area contributed by atoms with Gasteiger partial charge in [0.1, 0.15) is 6.04 Å². The first-order valence-electron chi connectivity index (χ1n) is 6.08. The van der Waals surface area contributed by atoms with E-state index in [9.17, 15) is 4.79 Å². The zero-order valence-electron chi connectivity index (χ0n) is 10.6. The number of hydrogen-bond acceptors (Lipinski definition) is 4. The number of hydrogen-bond donors (Lipinski definition) is 2. The van der Waals surface area contributed by atoms with Crippen LogP contribution in [0.4, 0.5) is 5.69 Å². The summed E-state index contributed by atoms with van der Waals surface area (Å²) in [6.07, 6.45) is 0.950. The summed E-state index contributed by atoms with van der Waals surface area (Å²) in [5.41, 5.74) is 3.77. The van der Waals surface area contributed by atoms with Gasteiger partial charge in [-0.2, -0.15) is 0 Å². The highest BCUT2D eigenvalue weighted by atomic mass is 32.1. The quantitative estimate of drug-likeness (QED) is 0.872. The number of carbonyl (C=O) groups is 1. The molecule has 0 saturated carbocycles. The van der Waals surface area contributed by atoms with Crippen LogP contribution in [0.25, 0.3) is 10.2 Å². The minimum atomic E-state index is -0.234. The van der Waals surface area contributed by atoms with E-state index >= 15 is 0 Å². The Bertz CT molecular complexity index is 538. The minimum Gasteiger partial charge on any atom is -0.374 e. The van der Waals surface area contributed by atoms with Crippen LogP contribution in [0.3, 0.4) is 0 Å². The highest BCUT2D eigenvalue weighted by Crippen LogP contribution is 2.22. The molecule has 1 atom stereocenters. The first-order valence-corrected chi connectivity index (χ1v) is 6.96. The van der Waals surface area contributed by atoms with E-state index in [1.165, 1.54) is 0 Å². The van der Waals surface area contributed by atoms with Crippen molar-refractivity contribution in [3.63, 3.8) is 0 Å². The smallest absolute Gasteiger partial charge is 0.242 e. The minimum absolute atomic E-state index is 0.0289. The van der Waals surface area contributed by atoms with E-state index < -0.39 is 0 Å². The largest absolute Gasteiger partial charge is 0.374 e. The third-order valence-corrected chi connectivity index (χ3v) is 3.45. The Morgan fingerprint density at radius 1 is 1.50 bits per heavy atom. The molecule has 0 bridgehead atoms. The lowest BCUT2D eigenvalue weighted by atomic mass is 10.2. The Hall–Kier alpha value is -1.62. The van der Waals surface area contributed by atoms with E-state index in [0.717, 1.165) is 28.9 Å². The number of nitrogens with one attached hydrogen (secondary N) is 2. The van der Waals surface area contributed by atoms with Gasteiger partial charge in [0, 0.05) is 12.2 Å². The Labute approximate surface area is 110 Å². The zero-order valence-corrected chi connectivity index (χ0v) is 11.4. The molecule has 0 radical (unpaired) electrons. The van der Waals surface area contributed by atoms with Gasteiger partial charge in [-0.05, 0) is 31.5 Å². The van der Waals surface area contributed by atoms with Crippen LogP contribution in [0.2, 0.25) is 0 Å². The molecule has 0 aliphatic rings. The molecule has 0 spiro atoms. The van der Waals surface area contributed by atoms with Crippen molar-refractivity contribution in [2.24, 2.45) is 0 Å². The van der Waals surface area contributed by atoms with Crippen molar-refractivity contribution in [3.05, 3.63) is 23.7 Å². The molecule has 1 aromatic carbocycles.